The van der Waals surface area contributed by atoms with Crippen LogP contribution >= 0.6 is 0 Å². The van der Waals surface area contributed by atoms with Crippen molar-refractivity contribution in [1.82, 2.24) is 0 Å². The first-order valence-corrected chi connectivity index (χ1v) is 5.92. The molecule has 118 valence electrons. The maximum atomic E-state index is 11.2. The van der Waals surface area contributed by atoms with E-state index in [9.17, 15) is 19.2 Å². The van der Waals surface area contributed by atoms with Crippen LogP contribution in [-0.4, -0.2) is 55.6 Å². The molecule has 0 atom stereocenters. The van der Waals surface area contributed by atoms with Crippen LogP contribution in [0.2, 0.25) is 0 Å². The largest absolute Gasteiger partial charge is 0.505 e. The zero-order valence-electron chi connectivity index (χ0n) is 11.2. The zero-order chi connectivity index (χ0) is 16.1. The van der Waals surface area contributed by atoms with Crippen LogP contribution in [0.15, 0.2) is 12.7 Å². The molecule has 0 saturated heterocycles. The third-order valence-corrected chi connectivity index (χ3v) is 1.86. The number of carboxylic acid groups (broad SMARTS) is 1. The van der Waals surface area contributed by atoms with Crippen LogP contribution in [-0.2, 0) is 33.3 Å². The maximum absolute atomic E-state index is 11.2. The highest BCUT2D eigenvalue weighted by Gasteiger charge is 2.09. The fourth-order valence-corrected chi connectivity index (χ4v) is 0.990. The van der Waals surface area contributed by atoms with E-state index < -0.39 is 24.1 Å². The Kier molecular flexibility index (Phi) is 9.88. The Morgan fingerprint density at radius 3 is 1.67 bits per heavy atom. The van der Waals surface area contributed by atoms with Gasteiger partial charge in [0.2, 0.25) is 0 Å². The SMILES string of the molecule is C=CC(=O)OCCOC(=O)CCC(=O)OCCOC(=O)O. The second-order valence-electron chi connectivity index (χ2n) is 3.43. The fraction of sp³-hybridized carbons (Fsp3) is 0.500. The molecule has 0 aromatic carbocycles. The third kappa shape index (κ3) is 12.2. The Morgan fingerprint density at radius 1 is 0.810 bits per heavy atom. The third-order valence-electron chi connectivity index (χ3n) is 1.86. The van der Waals surface area contributed by atoms with E-state index in [0.717, 1.165) is 6.08 Å². The molecule has 0 unspecified atom stereocenters. The van der Waals surface area contributed by atoms with Crippen molar-refractivity contribution in [3.63, 3.8) is 0 Å². The van der Waals surface area contributed by atoms with Crippen molar-refractivity contribution in [2.45, 2.75) is 12.8 Å². The molecule has 21 heavy (non-hydrogen) atoms. The molecule has 0 aliphatic heterocycles. The van der Waals surface area contributed by atoms with Gasteiger partial charge in [-0.2, -0.15) is 0 Å². The number of hydrogen-bond acceptors (Lipinski definition) is 8. The van der Waals surface area contributed by atoms with E-state index >= 15 is 0 Å². The lowest BCUT2D eigenvalue weighted by Crippen LogP contribution is -2.16. The maximum Gasteiger partial charge on any atom is 0.505 e. The molecule has 0 rings (SSSR count). The van der Waals surface area contributed by atoms with E-state index in [1.54, 1.807) is 0 Å². The molecule has 9 heteroatoms. The van der Waals surface area contributed by atoms with Gasteiger partial charge < -0.3 is 24.1 Å². The van der Waals surface area contributed by atoms with Crippen LogP contribution in [0, 0.1) is 0 Å². The first kappa shape index (κ1) is 18.4. The van der Waals surface area contributed by atoms with E-state index in [0.29, 0.717) is 0 Å². The Hall–Kier alpha value is -2.58. The average molecular weight is 304 g/mol. The van der Waals surface area contributed by atoms with Crippen molar-refractivity contribution < 1.29 is 43.2 Å². The normalized spacial score (nSPS) is 9.33. The molecule has 0 aromatic heterocycles. The number of ether oxygens (including phenoxy) is 4. The van der Waals surface area contributed by atoms with E-state index in [4.69, 9.17) is 5.11 Å². The fourth-order valence-electron chi connectivity index (χ4n) is 0.990. The van der Waals surface area contributed by atoms with Crippen LogP contribution in [0.5, 0.6) is 0 Å². The summed E-state index contributed by atoms with van der Waals surface area (Å²) in [4.78, 5) is 43.0. The summed E-state index contributed by atoms with van der Waals surface area (Å²) in [5, 5.41) is 8.15. The minimum Gasteiger partial charge on any atom is -0.462 e. The first-order chi connectivity index (χ1) is 9.95. The molecule has 9 nitrogen and oxygen atoms in total. The predicted molar refractivity (Wildman–Crippen MR) is 66.3 cm³/mol. The summed E-state index contributed by atoms with van der Waals surface area (Å²) in [6, 6.07) is 0. The quantitative estimate of drug-likeness (QED) is 0.262. The lowest BCUT2D eigenvalue weighted by molar-refractivity contribution is -0.153. The van der Waals surface area contributed by atoms with Gasteiger partial charge in [0.15, 0.2) is 0 Å². The number of carbonyl (C=O) groups excluding carboxylic acids is 3. The van der Waals surface area contributed by atoms with Crippen molar-refractivity contribution in [2.24, 2.45) is 0 Å². The van der Waals surface area contributed by atoms with Crippen molar-refractivity contribution in [2.75, 3.05) is 26.4 Å². The van der Waals surface area contributed by atoms with Crippen LogP contribution in [0.4, 0.5) is 4.79 Å². The molecule has 0 saturated carbocycles. The van der Waals surface area contributed by atoms with Crippen LogP contribution in [0.1, 0.15) is 12.8 Å². The van der Waals surface area contributed by atoms with Gasteiger partial charge in [0, 0.05) is 6.08 Å². The number of carbonyl (C=O) groups is 4. The van der Waals surface area contributed by atoms with Gasteiger partial charge in [0.05, 0.1) is 12.8 Å². The van der Waals surface area contributed by atoms with E-state index in [1.165, 1.54) is 0 Å². The summed E-state index contributed by atoms with van der Waals surface area (Å²) in [6.07, 6.45) is -0.898. The van der Waals surface area contributed by atoms with Crippen molar-refractivity contribution >= 4 is 24.1 Å². The average Bonchev–Trinajstić information content (AvgIpc) is 2.45. The highest BCUT2D eigenvalue weighted by atomic mass is 16.7. The minimum absolute atomic E-state index is 0.104. The van der Waals surface area contributed by atoms with Gasteiger partial charge >= 0.3 is 24.1 Å². The van der Waals surface area contributed by atoms with Crippen LogP contribution < -0.4 is 0 Å². The Bertz CT molecular complexity index is 388. The highest BCUT2D eigenvalue weighted by Crippen LogP contribution is 1.96. The number of esters is 3. The lowest BCUT2D eigenvalue weighted by Gasteiger charge is -2.06. The predicted octanol–water partition coefficient (Wildman–Crippen LogP) is 0.277. The van der Waals surface area contributed by atoms with Crippen LogP contribution in [0.25, 0.3) is 0 Å². The van der Waals surface area contributed by atoms with E-state index in [-0.39, 0.29) is 39.3 Å². The molecule has 0 aliphatic rings. The van der Waals surface area contributed by atoms with E-state index in [2.05, 4.69) is 25.5 Å². The molecule has 0 bridgehead atoms. The summed E-state index contributed by atoms with van der Waals surface area (Å²) in [5.41, 5.74) is 0. The topological polar surface area (TPSA) is 125 Å². The minimum atomic E-state index is -1.47. The van der Waals surface area contributed by atoms with Crippen molar-refractivity contribution in [3.8, 4) is 0 Å². The second kappa shape index (κ2) is 11.3. The Labute approximate surface area is 120 Å². The van der Waals surface area contributed by atoms with Crippen LogP contribution in [0.3, 0.4) is 0 Å². The second-order valence-corrected chi connectivity index (χ2v) is 3.43. The van der Waals surface area contributed by atoms with Gasteiger partial charge in [-0.05, 0) is 0 Å². The molecule has 0 amide bonds. The van der Waals surface area contributed by atoms with Crippen molar-refractivity contribution in [3.05, 3.63) is 12.7 Å². The summed E-state index contributed by atoms with van der Waals surface area (Å²) < 4.78 is 18.0. The molecule has 0 aliphatic carbocycles. The Balaban J connectivity index is 3.54. The zero-order valence-corrected chi connectivity index (χ0v) is 11.2. The van der Waals surface area contributed by atoms with Gasteiger partial charge in [0.25, 0.3) is 0 Å². The summed E-state index contributed by atoms with van der Waals surface area (Å²) in [7, 11) is 0. The van der Waals surface area contributed by atoms with Gasteiger partial charge in [-0.15, -0.1) is 0 Å². The summed E-state index contributed by atoms with van der Waals surface area (Å²) in [6.45, 7) is 2.46. The molecule has 0 aromatic rings. The standard InChI is InChI=1S/C12H16O9/c1-2-9(13)18-5-6-19-10(14)3-4-11(15)20-7-8-21-12(16)17/h2H,1,3-8H2,(H,16,17). The first-order valence-electron chi connectivity index (χ1n) is 5.92. The van der Waals surface area contributed by atoms with Gasteiger partial charge in [-0.25, -0.2) is 9.59 Å². The number of hydrogen-bond donors (Lipinski definition) is 1. The molecule has 0 spiro atoms. The summed E-state index contributed by atoms with van der Waals surface area (Å²) in [5.74, 6) is -1.96. The van der Waals surface area contributed by atoms with Crippen molar-refractivity contribution in [1.29, 1.82) is 0 Å². The molecule has 1 N–H and O–H groups in total. The molecular formula is C12H16O9. The number of rotatable bonds is 10. The van der Waals surface area contributed by atoms with Gasteiger partial charge in [-0.1, -0.05) is 6.58 Å². The molecule has 0 heterocycles. The summed E-state index contributed by atoms with van der Waals surface area (Å²) >= 11 is 0. The lowest BCUT2D eigenvalue weighted by atomic mass is 10.3. The Morgan fingerprint density at radius 2 is 1.24 bits per heavy atom. The smallest absolute Gasteiger partial charge is 0.462 e. The van der Waals surface area contributed by atoms with Gasteiger partial charge in [-0.3, -0.25) is 9.59 Å². The molecule has 0 fully saturated rings. The van der Waals surface area contributed by atoms with E-state index in [1.807, 2.05) is 0 Å². The van der Waals surface area contributed by atoms with Gasteiger partial charge in [0.1, 0.15) is 26.4 Å². The molecular weight excluding hydrogens is 288 g/mol. The molecule has 0 radical (unpaired) electrons. The monoisotopic (exact) mass is 304 g/mol. The highest BCUT2D eigenvalue weighted by molar-refractivity contribution is 5.81.